The highest BCUT2D eigenvalue weighted by molar-refractivity contribution is 9.10. The summed E-state index contributed by atoms with van der Waals surface area (Å²) in [6.07, 6.45) is 1.62. The molecule has 15 heavy (non-hydrogen) atoms. The quantitative estimate of drug-likeness (QED) is 0.764. The lowest BCUT2D eigenvalue weighted by Gasteiger charge is -2.00. The number of oxazole rings is 1. The van der Waals surface area contributed by atoms with E-state index in [1.54, 1.807) is 12.3 Å². The van der Waals surface area contributed by atoms with Crippen molar-refractivity contribution in [1.29, 1.82) is 0 Å². The molecule has 2 nitrogen and oxygen atoms in total. The lowest BCUT2D eigenvalue weighted by atomic mass is 10.2. The van der Waals surface area contributed by atoms with Crippen LogP contribution in [0.1, 0.15) is 5.89 Å². The van der Waals surface area contributed by atoms with E-state index in [-0.39, 0.29) is 5.88 Å². The molecule has 0 aliphatic rings. The molecule has 2 rings (SSSR count). The molecule has 1 aromatic carbocycles. The monoisotopic (exact) mass is 305 g/mol. The van der Waals surface area contributed by atoms with Gasteiger partial charge in [0.1, 0.15) is 0 Å². The van der Waals surface area contributed by atoms with Crippen LogP contribution >= 0.6 is 39.1 Å². The van der Waals surface area contributed by atoms with E-state index < -0.39 is 0 Å². The third kappa shape index (κ3) is 2.36. The lowest BCUT2D eigenvalue weighted by Crippen LogP contribution is -1.76. The van der Waals surface area contributed by atoms with E-state index in [0.29, 0.717) is 16.7 Å². The first-order valence-corrected chi connectivity index (χ1v) is 5.87. The molecular formula is C10H6BrCl2NO. The van der Waals surface area contributed by atoms with Gasteiger partial charge in [-0.15, -0.1) is 11.6 Å². The standard InChI is InChI=1S/C10H6BrCl2NO/c11-6-1-2-8(13)7(3-6)9-5-14-10(4-12)15-9/h1-3,5H,4H2. The second-order valence-corrected chi connectivity index (χ2v) is 4.47. The van der Waals surface area contributed by atoms with Crippen LogP contribution in [0.4, 0.5) is 0 Å². The van der Waals surface area contributed by atoms with Crippen molar-refractivity contribution in [1.82, 2.24) is 4.98 Å². The minimum Gasteiger partial charge on any atom is -0.439 e. The predicted octanol–water partition coefficient (Wildman–Crippen LogP) is 4.50. The molecule has 0 aliphatic carbocycles. The molecule has 0 saturated carbocycles. The molecular weight excluding hydrogens is 301 g/mol. The summed E-state index contributed by atoms with van der Waals surface area (Å²) in [5.41, 5.74) is 0.801. The zero-order chi connectivity index (χ0) is 10.8. The molecule has 0 spiro atoms. The van der Waals surface area contributed by atoms with Gasteiger partial charge in [-0.3, -0.25) is 0 Å². The fourth-order valence-electron chi connectivity index (χ4n) is 1.18. The summed E-state index contributed by atoms with van der Waals surface area (Å²) in [5, 5.41) is 0.621. The third-order valence-corrected chi connectivity index (χ3v) is 2.91. The summed E-state index contributed by atoms with van der Waals surface area (Å²) in [7, 11) is 0. The first kappa shape index (κ1) is 11.0. The zero-order valence-corrected chi connectivity index (χ0v) is 10.6. The Morgan fingerprint density at radius 3 is 2.87 bits per heavy atom. The number of hydrogen-bond donors (Lipinski definition) is 0. The van der Waals surface area contributed by atoms with Crippen molar-refractivity contribution in [2.75, 3.05) is 0 Å². The number of rotatable bonds is 2. The van der Waals surface area contributed by atoms with Gasteiger partial charge in [-0.1, -0.05) is 27.5 Å². The van der Waals surface area contributed by atoms with Crippen molar-refractivity contribution in [3.8, 4) is 11.3 Å². The molecule has 0 amide bonds. The molecule has 1 aromatic heterocycles. The highest BCUT2D eigenvalue weighted by Crippen LogP contribution is 2.31. The smallest absolute Gasteiger partial charge is 0.209 e. The average molecular weight is 307 g/mol. The second-order valence-electron chi connectivity index (χ2n) is 2.88. The van der Waals surface area contributed by atoms with E-state index in [9.17, 15) is 0 Å². The van der Waals surface area contributed by atoms with Gasteiger partial charge in [0, 0.05) is 10.0 Å². The summed E-state index contributed by atoms with van der Waals surface area (Å²) < 4.78 is 6.34. The van der Waals surface area contributed by atoms with Crippen molar-refractivity contribution in [2.24, 2.45) is 0 Å². The molecule has 1 heterocycles. The van der Waals surface area contributed by atoms with E-state index in [1.165, 1.54) is 0 Å². The van der Waals surface area contributed by atoms with Crippen molar-refractivity contribution >= 4 is 39.1 Å². The first-order chi connectivity index (χ1) is 7.20. The van der Waals surface area contributed by atoms with Gasteiger partial charge in [-0.05, 0) is 18.2 Å². The van der Waals surface area contributed by atoms with Crippen LogP contribution in [0.25, 0.3) is 11.3 Å². The van der Waals surface area contributed by atoms with E-state index in [4.69, 9.17) is 27.6 Å². The van der Waals surface area contributed by atoms with Crippen LogP contribution in [-0.2, 0) is 5.88 Å². The molecule has 0 fully saturated rings. The molecule has 0 bridgehead atoms. The van der Waals surface area contributed by atoms with Gasteiger partial charge in [0.25, 0.3) is 0 Å². The van der Waals surface area contributed by atoms with Gasteiger partial charge in [0.05, 0.1) is 17.1 Å². The van der Waals surface area contributed by atoms with Crippen LogP contribution in [0, 0.1) is 0 Å². The van der Waals surface area contributed by atoms with E-state index in [2.05, 4.69) is 20.9 Å². The number of halogens is 3. The van der Waals surface area contributed by atoms with Crippen LogP contribution < -0.4 is 0 Å². The number of alkyl halides is 1. The fraction of sp³-hybridized carbons (Fsp3) is 0.100. The molecule has 0 unspecified atom stereocenters. The average Bonchev–Trinajstić information content (AvgIpc) is 2.70. The molecule has 0 aliphatic heterocycles. The summed E-state index contributed by atoms with van der Waals surface area (Å²) >= 11 is 15.0. The van der Waals surface area contributed by atoms with Gasteiger partial charge in [0.2, 0.25) is 5.89 Å². The Kier molecular flexibility index (Phi) is 3.34. The first-order valence-electron chi connectivity index (χ1n) is 4.17. The van der Waals surface area contributed by atoms with Crippen LogP contribution in [-0.4, -0.2) is 4.98 Å². The number of benzene rings is 1. The molecule has 2 aromatic rings. The van der Waals surface area contributed by atoms with Crippen molar-refractivity contribution in [2.45, 2.75) is 5.88 Å². The Balaban J connectivity index is 2.48. The Hall–Kier alpha value is -0.510. The van der Waals surface area contributed by atoms with Gasteiger partial charge < -0.3 is 4.42 Å². The molecule has 0 saturated heterocycles. The largest absolute Gasteiger partial charge is 0.439 e. The van der Waals surface area contributed by atoms with Crippen molar-refractivity contribution in [3.05, 3.63) is 39.8 Å². The van der Waals surface area contributed by atoms with Crippen molar-refractivity contribution in [3.63, 3.8) is 0 Å². The SMILES string of the molecule is ClCc1ncc(-c2cc(Br)ccc2Cl)o1. The van der Waals surface area contributed by atoms with Gasteiger partial charge in [-0.2, -0.15) is 0 Å². The Labute approximate surface area is 105 Å². The molecule has 0 radical (unpaired) electrons. The molecule has 5 heteroatoms. The van der Waals surface area contributed by atoms with E-state index in [0.717, 1.165) is 10.0 Å². The fourth-order valence-corrected chi connectivity index (χ4v) is 1.88. The van der Waals surface area contributed by atoms with Crippen LogP contribution in [0.3, 0.4) is 0 Å². The highest BCUT2D eigenvalue weighted by Gasteiger charge is 2.09. The van der Waals surface area contributed by atoms with E-state index in [1.807, 2.05) is 12.1 Å². The maximum Gasteiger partial charge on any atom is 0.209 e. The van der Waals surface area contributed by atoms with Gasteiger partial charge in [-0.25, -0.2) is 4.98 Å². The van der Waals surface area contributed by atoms with Crippen LogP contribution in [0.2, 0.25) is 5.02 Å². The maximum absolute atomic E-state index is 6.04. The molecule has 0 N–H and O–H groups in total. The van der Waals surface area contributed by atoms with Crippen LogP contribution in [0.5, 0.6) is 0 Å². The molecule has 0 atom stereocenters. The summed E-state index contributed by atoms with van der Waals surface area (Å²) in [6, 6.07) is 5.54. The predicted molar refractivity (Wildman–Crippen MR) is 64.2 cm³/mol. The number of hydrogen-bond acceptors (Lipinski definition) is 2. The lowest BCUT2D eigenvalue weighted by molar-refractivity contribution is 0.529. The molecule has 78 valence electrons. The normalized spacial score (nSPS) is 10.6. The topological polar surface area (TPSA) is 26.0 Å². The summed E-state index contributed by atoms with van der Waals surface area (Å²) in [6.45, 7) is 0. The summed E-state index contributed by atoms with van der Waals surface area (Å²) in [5.74, 6) is 1.37. The Morgan fingerprint density at radius 1 is 1.40 bits per heavy atom. The highest BCUT2D eigenvalue weighted by atomic mass is 79.9. The van der Waals surface area contributed by atoms with Crippen molar-refractivity contribution < 1.29 is 4.42 Å². The maximum atomic E-state index is 6.04. The Morgan fingerprint density at radius 2 is 2.20 bits per heavy atom. The van der Waals surface area contributed by atoms with Crippen LogP contribution in [0.15, 0.2) is 33.3 Å². The van der Waals surface area contributed by atoms with Gasteiger partial charge >= 0.3 is 0 Å². The Bertz CT molecular complexity index is 484. The second kappa shape index (κ2) is 4.56. The van der Waals surface area contributed by atoms with E-state index >= 15 is 0 Å². The summed E-state index contributed by atoms with van der Waals surface area (Å²) in [4.78, 5) is 4.01. The van der Waals surface area contributed by atoms with Gasteiger partial charge in [0.15, 0.2) is 5.76 Å². The number of nitrogens with zero attached hydrogens (tertiary/aromatic N) is 1. The minimum absolute atomic E-state index is 0.256. The third-order valence-electron chi connectivity index (χ3n) is 1.86. The zero-order valence-electron chi connectivity index (χ0n) is 7.51. The minimum atomic E-state index is 0.256. The number of aromatic nitrogens is 1.